The summed E-state index contributed by atoms with van der Waals surface area (Å²) >= 11 is 6.23. The summed E-state index contributed by atoms with van der Waals surface area (Å²) in [6, 6.07) is 9.85. The quantitative estimate of drug-likeness (QED) is 0.900. The third-order valence-corrected chi connectivity index (χ3v) is 3.95. The minimum Gasteiger partial charge on any atom is -0.381 e. The van der Waals surface area contributed by atoms with Crippen LogP contribution in [0.25, 0.3) is 0 Å². The van der Waals surface area contributed by atoms with Gasteiger partial charge in [-0.1, -0.05) is 23.7 Å². The first-order valence-corrected chi connectivity index (χ1v) is 7.73. The standard InChI is InChI=1S/C17H16ClFN2O2/c1-2-23-21-16(22)9-13-15(8-7-14(18)17(13)21)20-10-11-3-5-12(19)6-4-11/h3-8,20H,2,9-10H2,1H3. The first-order chi connectivity index (χ1) is 11.1. The van der Waals surface area contributed by atoms with Crippen molar-refractivity contribution < 1.29 is 14.0 Å². The highest BCUT2D eigenvalue weighted by atomic mass is 35.5. The highest BCUT2D eigenvalue weighted by molar-refractivity contribution is 6.34. The smallest absolute Gasteiger partial charge is 0.255 e. The summed E-state index contributed by atoms with van der Waals surface area (Å²) < 4.78 is 12.9. The van der Waals surface area contributed by atoms with E-state index >= 15 is 0 Å². The van der Waals surface area contributed by atoms with Crippen molar-refractivity contribution in [1.29, 1.82) is 0 Å². The van der Waals surface area contributed by atoms with Crippen molar-refractivity contribution in [3.63, 3.8) is 0 Å². The lowest BCUT2D eigenvalue weighted by Crippen LogP contribution is -2.26. The van der Waals surface area contributed by atoms with Crippen LogP contribution in [0.1, 0.15) is 18.1 Å². The van der Waals surface area contributed by atoms with E-state index in [4.69, 9.17) is 16.4 Å². The molecule has 1 amide bonds. The molecule has 1 aliphatic rings. The van der Waals surface area contributed by atoms with Crippen LogP contribution in [-0.2, 0) is 22.6 Å². The number of hydrogen-bond acceptors (Lipinski definition) is 3. The minimum absolute atomic E-state index is 0.139. The number of halogens is 2. The van der Waals surface area contributed by atoms with Crippen LogP contribution in [0, 0.1) is 5.82 Å². The maximum absolute atomic E-state index is 12.9. The van der Waals surface area contributed by atoms with Gasteiger partial charge in [-0.3, -0.25) is 9.63 Å². The summed E-state index contributed by atoms with van der Waals surface area (Å²) in [6.07, 6.45) is 0.238. The van der Waals surface area contributed by atoms with Crippen LogP contribution in [0.5, 0.6) is 0 Å². The summed E-state index contributed by atoms with van der Waals surface area (Å²) in [4.78, 5) is 17.5. The first kappa shape index (κ1) is 15.8. The molecular formula is C17H16ClFN2O2. The van der Waals surface area contributed by atoms with Crippen molar-refractivity contribution in [2.24, 2.45) is 0 Å². The van der Waals surface area contributed by atoms with E-state index in [9.17, 15) is 9.18 Å². The fraction of sp³-hybridized carbons (Fsp3) is 0.235. The van der Waals surface area contributed by atoms with Crippen LogP contribution in [0.15, 0.2) is 36.4 Å². The SMILES string of the molecule is CCON1C(=O)Cc2c(NCc3ccc(F)cc3)ccc(Cl)c21. The summed E-state index contributed by atoms with van der Waals surface area (Å²) in [6.45, 7) is 2.72. The van der Waals surface area contributed by atoms with Crippen LogP contribution < -0.4 is 10.4 Å². The van der Waals surface area contributed by atoms with E-state index in [2.05, 4.69) is 5.32 Å². The zero-order valence-corrected chi connectivity index (χ0v) is 13.4. The Bertz CT molecular complexity index is 734. The van der Waals surface area contributed by atoms with Crippen molar-refractivity contribution in [2.45, 2.75) is 19.9 Å². The van der Waals surface area contributed by atoms with Crippen LogP contribution in [0.4, 0.5) is 15.8 Å². The van der Waals surface area contributed by atoms with Crippen molar-refractivity contribution in [1.82, 2.24) is 0 Å². The van der Waals surface area contributed by atoms with Gasteiger partial charge in [0, 0.05) is 17.8 Å². The van der Waals surface area contributed by atoms with Crippen LogP contribution in [0.2, 0.25) is 5.02 Å². The molecule has 120 valence electrons. The lowest BCUT2D eigenvalue weighted by Gasteiger charge is -2.18. The first-order valence-electron chi connectivity index (χ1n) is 7.35. The fourth-order valence-electron chi connectivity index (χ4n) is 2.58. The molecule has 0 spiro atoms. The van der Waals surface area contributed by atoms with Gasteiger partial charge in [0.2, 0.25) is 0 Å². The average Bonchev–Trinajstić information content (AvgIpc) is 2.87. The minimum atomic E-state index is -0.265. The molecule has 0 aliphatic carbocycles. The lowest BCUT2D eigenvalue weighted by atomic mass is 10.1. The highest BCUT2D eigenvalue weighted by Gasteiger charge is 2.32. The third-order valence-electron chi connectivity index (χ3n) is 3.65. The molecule has 0 aromatic heterocycles. The van der Waals surface area contributed by atoms with Crippen molar-refractivity contribution in [3.05, 3.63) is 58.4 Å². The van der Waals surface area contributed by atoms with E-state index in [0.29, 0.717) is 23.9 Å². The number of carbonyl (C=O) groups is 1. The Kier molecular flexibility index (Phi) is 4.50. The molecule has 1 aliphatic heterocycles. The number of fused-ring (bicyclic) bond motifs is 1. The van der Waals surface area contributed by atoms with Gasteiger partial charge in [0.25, 0.3) is 5.91 Å². The van der Waals surface area contributed by atoms with E-state index in [0.717, 1.165) is 16.8 Å². The van der Waals surface area contributed by atoms with Gasteiger partial charge in [0.05, 0.1) is 23.7 Å². The Labute approximate surface area is 138 Å². The predicted octanol–water partition coefficient (Wildman–Crippen LogP) is 3.93. The van der Waals surface area contributed by atoms with E-state index in [-0.39, 0.29) is 18.1 Å². The number of nitrogens with zero attached hydrogens (tertiary/aromatic N) is 1. The molecule has 2 aromatic rings. The van der Waals surface area contributed by atoms with Gasteiger partial charge in [0.15, 0.2) is 0 Å². The van der Waals surface area contributed by atoms with Gasteiger partial charge < -0.3 is 5.32 Å². The summed E-state index contributed by atoms with van der Waals surface area (Å²) in [7, 11) is 0. The average molecular weight is 335 g/mol. The predicted molar refractivity (Wildman–Crippen MR) is 88.0 cm³/mol. The van der Waals surface area contributed by atoms with Gasteiger partial charge in [-0.05, 0) is 36.8 Å². The Balaban J connectivity index is 1.84. The summed E-state index contributed by atoms with van der Waals surface area (Å²) in [5, 5.41) is 5.02. The molecule has 0 fully saturated rings. The zero-order valence-electron chi connectivity index (χ0n) is 12.6. The summed E-state index contributed by atoms with van der Waals surface area (Å²) in [5.41, 5.74) is 3.19. The summed E-state index contributed by atoms with van der Waals surface area (Å²) in [5.74, 6) is -0.404. The molecule has 0 atom stereocenters. The van der Waals surface area contributed by atoms with Crippen molar-refractivity contribution in [3.8, 4) is 0 Å². The van der Waals surface area contributed by atoms with E-state index in [1.807, 2.05) is 13.0 Å². The molecule has 0 bridgehead atoms. The molecule has 0 radical (unpaired) electrons. The number of benzene rings is 2. The Morgan fingerprint density at radius 2 is 2.00 bits per heavy atom. The maximum Gasteiger partial charge on any atom is 0.255 e. The van der Waals surface area contributed by atoms with Crippen LogP contribution in [-0.4, -0.2) is 12.5 Å². The number of hydrogen-bond donors (Lipinski definition) is 1. The third kappa shape index (κ3) is 3.16. The molecule has 1 heterocycles. The number of nitrogens with one attached hydrogen (secondary N) is 1. The molecular weight excluding hydrogens is 319 g/mol. The molecule has 6 heteroatoms. The molecule has 0 saturated carbocycles. The lowest BCUT2D eigenvalue weighted by molar-refractivity contribution is -0.124. The van der Waals surface area contributed by atoms with Crippen molar-refractivity contribution in [2.75, 3.05) is 17.0 Å². The number of rotatable bonds is 5. The topological polar surface area (TPSA) is 41.6 Å². The van der Waals surface area contributed by atoms with Gasteiger partial charge in [-0.15, -0.1) is 0 Å². The van der Waals surface area contributed by atoms with Gasteiger partial charge in [-0.2, -0.15) is 5.06 Å². The monoisotopic (exact) mass is 334 g/mol. The van der Waals surface area contributed by atoms with Gasteiger partial charge >= 0.3 is 0 Å². The second-order valence-corrected chi connectivity index (χ2v) is 5.59. The van der Waals surface area contributed by atoms with Gasteiger partial charge in [0.1, 0.15) is 5.82 Å². The normalized spacial score (nSPS) is 13.3. The molecule has 2 aromatic carbocycles. The van der Waals surface area contributed by atoms with Crippen molar-refractivity contribution >= 4 is 28.9 Å². The molecule has 4 nitrogen and oxygen atoms in total. The van der Waals surface area contributed by atoms with Gasteiger partial charge in [-0.25, -0.2) is 4.39 Å². The molecule has 23 heavy (non-hydrogen) atoms. The number of carbonyl (C=O) groups excluding carboxylic acids is 1. The Morgan fingerprint density at radius 3 is 2.70 bits per heavy atom. The second kappa shape index (κ2) is 6.56. The molecule has 0 unspecified atom stereocenters. The van der Waals surface area contributed by atoms with E-state index < -0.39 is 0 Å². The largest absolute Gasteiger partial charge is 0.381 e. The maximum atomic E-state index is 12.9. The fourth-order valence-corrected chi connectivity index (χ4v) is 2.84. The second-order valence-electron chi connectivity index (χ2n) is 5.18. The van der Waals surface area contributed by atoms with Crippen LogP contribution in [0.3, 0.4) is 0 Å². The zero-order chi connectivity index (χ0) is 16.4. The highest BCUT2D eigenvalue weighted by Crippen LogP contribution is 2.40. The molecule has 0 saturated heterocycles. The number of hydroxylamine groups is 1. The Hall–Kier alpha value is -2.11. The number of amides is 1. The van der Waals surface area contributed by atoms with E-state index in [1.54, 1.807) is 18.2 Å². The number of anilines is 2. The Morgan fingerprint density at radius 1 is 1.26 bits per heavy atom. The molecule has 3 rings (SSSR count). The van der Waals surface area contributed by atoms with E-state index in [1.165, 1.54) is 17.2 Å². The molecule has 1 N–H and O–H groups in total. The van der Waals surface area contributed by atoms with Crippen LogP contribution >= 0.6 is 11.6 Å².